The van der Waals surface area contributed by atoms with Crippen molar-refractivity contribution in [1.82, 2.24) is 15.4 Å². The van der Waals surface area contributed by atoms with E-state index in [4.69, 9.17) is 14.5 Å². The van der Waals surface area contributed by atoms with E-state index in [2.05, 4.69) is 19.9 Å². The number of nitrogens with one attached hydrogen (secondary N) is 3. The van der Waals surface area contributed by atoms with Crippen LogP contribution in [0.4, 0.5) is 0 Å². The summed E-state index contributed by atoms with van der Waals surface area (Å²) in [6.45, 7) is 3.49. The number of hydrogen-bond donors (Lipinski definition) is 5. The second-order valence-corrected chi connectivity index (χ2v) is 11.4. The summed E-state index contributed by atoms with van der Waals surface area (Å²) in [4.78, 5) is 43.6. The van der Waals surface area contributed by atoms with Crippen LogP contribution in [0.2, 0.25) is 0 Å². The van der Waals surface area contributed by atoms with Crippen LogP contribution in [0.15, 0.2) is 30.3 Å². The van der Waals surface area contributed by atoms with E-state index in [-0.39, 0.29) is 31.9 Å². The third kappa shape index (κ3) is 9.88. The molecule has 3 atom stereocenters. The van der Waals surface area contributed by atoms with E-state index >= 15 is 0 Å². The SMILES string of the molecule is CC(C)C[C@H](NS(=O)(=O)C1CNCCO1)C(=O)N[C@@H](Cc1ccccc1)C(=O)COP(=O)(O)O. The highest BCUT2D eigenvalue weighted by Crippen LogP contribution is 2.35. The number of morpholine rings is 1. The van der Waals surface area contributed by atoms with Gasteiger partial charge in [0, 0.05) is 13.1 Å². The number of phosphoric ester groups is 1. The lowest BCUT2D eigenvalue weighted by molar-refractivity contribution is -0.130. The predicted molar refractivity (Wildman–Crippen MR) is 123 cm³/mol. The summed E-state index contributed by atoms with van der Waals surface area (Å²) in [5, 5.41) is 5.45. The summed E-state index contributed by atoms with van der Waals surface area (Å²) in [6, 6.07) is 6.29. The number of carbonyl (C=O) groups excluding carboxylic acids is 2. The number of hydrogen-bond acceptors (Lipinski definition) is 8. The Labute approximate surface area is 199 Å². The minimum absolute atomic E-state index is 0.0206. The van der Waals surface area contributed by atoms with Gasteiger partial charge in [-0.1, -0.05) is 44.2 Å². The highest BCUT2D eigenvalue weighted by atomic mass is 32.2. The molecule has 1 aromatic carbocycles. The zero-order valence-electron chi connectivity index (χ0n) is 19.0. The van der Waals surface area contributed by atoms with E-state index in [9.17, 15) is 22.6 Å². The van der Waals surface area contributed by atoms with Gasteiger partial charge in [-0.3, -0.25) is 14.1 Å². The van der Waals surface area contributed by atoms with Gasteiger partial charge in [0.05, 0.1) is 12.6 Å². The maximum Gasteiger partial charge on any atom is 0.470 e. The first-order valence-corrected chi connectivity index (χ1v) is 13.9. The minimum atomic E-state index is -4.90. The van der Waals surface area contributed by atoms with Crippen LogP contribution in [0.3, 0.4) is 0 Å². The number of Topliss-reactive ketones (excluding diaryl/α,β-unsaturated/α-hetero) is 1. The van der Waals surface area contributed by atoms with Gasteiger partial charge in [0.15, 0.2) is 11.2 Å². The van der Waals surface area contributed by atoms with Gasteiger partial charge < -0.3 is 25.2 Å². The standard InChI is InChI=1S/C20H32N3O9PS/c1-14(2)10-17(23-34(29,30)19-12-21-8-9-31-19)20(25)22-16(11-15-6-4-3-5-7-15)18(24)13-32-33(26,27)28/h3-7,14,16-17,19,21,23H,8-13H2,1-2H3,(H,22,25)(H2,26,27,28)/t16-,17-,19?/m0/s1. The van der Waals surface area contributed by atoms with Crippen LogP contribution < -0.4 is 15.4 Å². The Kier molecular flexibility index (Phi) is 10.8. The molecule has 1 fully saturated rings. The van der Waals surface area contributed by atoms with Gasteiger partial charge in [-0.05, 0) is 24.3 Å². The van der Waals surface area contributed by atoms with E-state index in [0.717, 1.165) is 0 Å². The monoisotopic (exact) mass is 521 g/mol. The Balaban J connectivity index is 2.19. The molecule has 2 rings (SSSR count). The summed E-state index contributed by atoms with van der Waals surface area (Å²) < 4.78 is 48.6. The number of sulfonamides is 1. The predicted octanol–water partition coefficient (Wildman–Crippen LogP) is -0.328. The largest absolute Gasteiger partial charge is 0.470 e. The third-order valence-corrected chi connectivity index (χ3v) is 7.01. The highest BCUT2D eigenvalue weighted by Gasteiger charge is 2.35. The fraction of sp³-hybridized carbons (Fsp3) is 0.600. The van der Waals surface area contributed by atoms with Crippen LogP contribution in [0.25, 0.3) is 0 Å². The lowest BCUT2D eigenvalue weighted by atomic mass is 10.0. The van der Waals surface area contributed by atoms with Crippen LogP contribution in [-0.2, 0) is 39.9 Å². The van der Waals surface area contributed by atoms with Gasteiger partial charge in [-0.15, -0.1) is 0 Å². The Morgan fingerprint density at radius 3 is 2.47 bits per heavy atom. The first-order chi connectivity index (χ1) is 15.9. The average molecular weight is 522 g/mol. The average Bonchev–Trinajstić information content (AvgIpc) is 2.77. The van der Waals surface area contributed by atoms with E-state index in [1.54, 1.807) is 30.3 Å². The molecule has 0 radical (unpaired) electrons. The zero-order valence-corrected chi connectivity index (χ0v) is 20.8. The van der Waals surface area contributed by atoms with Crippen molar-refractivity contribution in [2.75, 3.05) is 26.3 Å². The van der Waals surface area contributed by atoms with Crippen molar-refractivity contribution >= 4 is 29.5 Å². The maximum atomic E-state index is 13.1. The molecule has 1 saturated heterocycles. The van der Waals surface area contributed by atoms with Crippen molar-refractivity contribution < 1.29 is 41.6 Å². The topological polar surface area (TPSA) is 180 Å². The molecule has 0 aliphatic carbocycles. The van der Waals surface area contributed by atoms with E-state index < -0.39 is 53.7 Å². The molecule has 0 aromatic heterocycles. The summed E-state index contributed by atoms with van der Waals surface area (Å²) in [7, 11) is -8.93. The molecule has 5 N–H and O–H groups in total. The van der Waals surface area contributed by atoms with Gasteiger partial charge in [0.2, 0.25) is 15.9 Å². The lowest BCUT2D eigenvalue weighted by Gasteiger charge is -2.28. The molecule has 1 heterocycles. The normalized spacial score (nSPS) is 18.9. The Morgan fingerprint density at radius 1 is 1.24 bits per heavy atom. The molecule has 192 valence electrons. The molecule has 14 heteroatoms. The number of carbonyl (C=O) groups is 2. The fourth-order valence-corrected chi connectivity index (χ4v) is 4.97. The second kappa shape index (κ2) is 12.8. The third-order valence-electron chi connectivity index (χ3n) is 4.93. The molecule has 1 aliphatic rings. The number of rotatable bonds is 13. The molecule has 1 amide bonds. The first kappa shape index (κ1) is 28.5. The van der Waals surface area contributed by atoms with Crippen molar-refractivity contribution in [1.29, 1.82) is 0 Å². The number of phosphoric acid groups is 1. The minimum Gasteiger partial charge on any atom is -0.358 e. The van der Waals surface area contributed by atoms with Crippen LogP contribution in [0.1, 0.15) is 25.8 Å². The molecule has 0 bridgehead atoms. The van der Waals surface area contributed by atoms with E-state index in [1.807, 2.05) is 13.8 Å². The van der Waals surface area contributed by atoms with Crippen molar-refractivity contribution in [2.45, 2.75) is 44.2 Å². The smallest absolute Gasteiger partial charge is 0.358 e. The summed E-state index contributed by atoms with van der Waals surface area (Å²) in [5.74, 6) is -1.58. The Bertz CT molecular complexity index is 963. The van der Waals surface area contributed by atoms with Crippen LogP contribution in [-0.4, -0.2) is 73.7 Å². The van der Waals surface area contributed by atoms with Gasteiger partial charge in [0.25, 0.3) is 0 Å². The molecular weight excluding hydrogens is 489 g/mol. The maximum absolute atomic E-state index is 13.1. The number of benzene rings is 1. The first-order valence-electron chi connectivity index (χ1n) is 10.8. The summed E-state index contributed by atoms with van der Waals surface area (Å²) in [6.07, 6.45) is 0.170. The van der Waals surface area contributed by atoms with Crippen molar-refractivity contribution in [3.05, 3.63) is 35.9 Å². The zero-order chi connectivity index (χ0) is 25.4. The van der Waals surface area contributed by atoms with E-state index in [0.29, 0.717) is 12.1 Å². The molecule has 1 unspecified atom stereocenters. The van der Waals surface area contributed by atoms with Crippen LogP contribution in [0.5, 0.6) is 0 Å². The van der Waals surface area contributed by atoms with Gasteiger partial charge >= 0.3 is 7.82 Å². The van der Waals surface area contributed by atoms with E-state index in [1.165, 1.54) is 0 Å². The Hall–Kier alpha value is -1.70. The summed E-state index contributed by atoms with van der Waals surface area (Å²) >= 11 is 0. The van der Waals surface area contributed by atoms with Crippen LogP contribution >= 0.6 is 7.82 Å². The number of amides is 1. The molecule has 1 aromatic rings. The fourth-order valence-electron chi connectivity index (χ4n) is 3.31. The molecular formula is C20H32N3O9PS. The van der Waals surface area contributed by atoms with Crippen molar-refractivity contribution in [3.63, 3.8) is 0 Å². The molecule has 1 aliphatic heterocycles. The number of ether oxygens (including phenoxy) is 1. The van der Waals surface area contributed by atoms with Gasteiger partial charge in [0.1, 0.15) is 12.6 Å². The van der Waals surface area contributed by atoms with Crippen LogP contribution in [0, 0.1) is 5.92 Å². The lowest BCUT2D eigenvalue weighted by Crippen LogP contribution is -2.56. The Morgan fingerprint density at radius 2 is 1.91 bits per heavy atom. The highest BCUT2D eigenvalue weighted by molar-refractivity contribution is 7.90. The molecule has 34 heavy (non-hydrogen) atoms. The van der Waals surface area contributed by atoms with Crippen molar-refractivity contribution in [2.24, 2.45) is 5.92 Å². The van der Waals surface area contributed by atoms with Crippen molar-refractivity contribution in [3.8, 4) is 0 Å². The molecule has 0 saturated carbocycles. The van der Waals surface area contributed by atoms with Gasteiger partial charge in [-0.2, -0.15) is 0 Å². The number of ketones is 1. The summed E-state index contributed by atoms with van der Waals surface area (Å²) in [5.41, 5.74) is -0.484. The van der Waals surface area contributed by atoms with Gasteiger partial charge in [-0.25, -0.2) is 17.7 Å². The molecule has 0 spiro atoms. The molecule has 12 nitrogen and oxygen atoms in total. The quantitative estimate of drug-likeness (QED) is 0.216. The second-order valence-electron chi connectivity index (χ2n) is 8.33.